The van der Waals surface area contributed by atoms with Crippen LogP contribution in [0.15, 0.2) is 12.1 Å². The van der Waals surface area contributed by atoms with E-state index in [1.165, 1.54) is 63.5 Å². The molecule has 0 spiro atoms. The van der Waals surface area contributed by atoms with Crippen molar-refractivity contribution in [3.8, 4) is 5.75 Å². The number of aromatic hydroxyl groups is 1. The van der Waals surface area contributed by atoms with Crippen LogP contribution in [0, 0.1) is 29.4 Å². The van der Waals surface area contributed by atoms with Crippen molar-refractivity contribution >= 4 is 0 Å². The molecule has 0 saturated heterocycles. The van der Waals surface area contributed by atoms with E-state index >= 15 is 0 Å². The second kappa shape index (κ2) is 7.84. The molecule has 3 heteroatoms. The molecule has 134 valence electrons. The average Bonchev–Trinajstić information content (AvgIpc) is 2.60. The molecule has 0 amide bonds. The molecule has 2 fully saturated rings. The Morgan fingerprint density at radius 3 is 1.88 bits per heavy atom. The quantitative estimate of drug-likeness (QED) is 0.661. The maximum atomic E-state index is 13.6. The van der Waals surface area contributed by atoms with Crippen molar-refractivity contribution in [3.05, 3.63) is 29.3 Å². The predicted molar refractivity (Wildman–Crippen MR) is 93.1 cm³/mol. The molecule has 1 N–H and O–H groups in total. The SMILES string of the molecule is CCC[C@H]1CC[C@H](C2CCC(c3cc(F)c(O)c(F)c3)CC2)CC1. The highest BCUT2D eigenvalue weighted by Crippen LogP contribution is 2.44. The van der Waals surface area contributed by atoms with Crippen LogP contribution in [0.25, 0.3) is 0 Å². The van der Waals surface area contributed by atoms with Crippen LogP contribution in [0.3, 0.4) is 0 Å². The highest BCUT2D eigenvalue weighted by atomic mass is 19.1. The molecule has 1 nitrogen and oxygen atoms in total. The summed E-state index contributed by atoms with van der Waals surface area (Å²) in [6, 6.07) is 2.64. The molecule has 3 rings (SSSR count). The van der Waals surface area contributed by atoms with Gasteiger partial charge in [-0.2, -0.15) is 0 Å². The third-order valence-corrected chi connectivity index (χ3v) is 6.54. The molecule has 1 aromatic carbocycles. The lowest BCUT2D eigenvalue weighted by Crippen LogP contribution is -2.25. The molecule has 2 aliphatic carbocycles. The number of hydrogen-bond donors (Lipinski definition) is 1. The van der Waals surface area contributed by atoms with Crippen molar-refractivity contribution in [2.45, 2.75) is 77.0 Å². The first-order valence-corrected chi connectivity index (χ1v) is 9.76. The lowest BCUT2D eigenvalue weighted by atomic mass is 9.68. The van der Waals surface area contributed by atoms with Gasteiger partial charge in [0.05, 0.1) is 0 Å². The number of rotatable bonds is 4. The Bertz CT molecular complexity index is 518. The summed E-state index contributed by atoms with van der Waals surface area (Å²) in [5.41, 5.74) is 0.716. The molecule has 0 bridgehead atoms. The van der Waals surface area contributed by atoms with E-state index in [9.17, 15) is 13.9 Å². The van der Waals surface area contributed by atoms with Crippen LogP contribution in [0.2, 0.25) is 0 Å². The summed E-state index contributed by atoms with van der Waals surface area (Å²) in [5.74, 6) is 0.342. The Labute approximate surface area is 144 Å². The number of phenols is 1. The number of phenolic OH excluding ortho intramolecular Hbond substituents is 1. The Balaban J connectivity index is 1.53. The second-order valence-electron chi connectivity index (χ2n) is 8.01. The number of hydrogen-bond acceptors (Lipinski definition) is 1. The summed E-state index contributed by atoms with van der Waals surface area (Å²) in [4.78, 5) is 0. The molecule has 2 saturated carbocycles. The van der Waals surface area contributed by atoms with Crippen LogP contribution in [0.5, 0.6) is 5.75 Å². The van der Waals surface area contributed by atoms with Gasteiger partial charge in [0.15, 0.2) is 17.4 Å². The van der Waals surface area contributed by atoms with Crippen LogP contribution in [-0.4, -0.2) is 5.11 Å². The maximum Gasteiger partial charge on any atom is 0.187 e. The van der Waals surface area contributed by atoms with Crippen molar-refractivity contribution in [3.63, 3.8) is 0 Å². The topological polar surface area (TPSA) is 20.2 Å². The van der Waals surface area contributed by atoms with Crippen LogP contribution in [0.1, 0.15) is 82.6 Å². The monoisotopic (exact) mass is 336 g/mol. The molecule has 2 aliphatic rings. The van der Waals surface area contributed by atoms with Crippen molar-refractivity contribution in [2.24, 2.45) is 17.8 Å². The van der Waals surface area contributed by atoms with Gasteiger partial charge in [-0.15, -0.1) is 0 Å². The second-order valence-corrected chi connectivity index (χ2v) is 8.01. The Morgan fingerprint density at radius 1 is 0.875 bits per heavy atom. The van der Waals surface area contributed by atoms with Crippen LogP contribution in [-0.2, 0) is 0 Å². The summed E-state index contributed by atoms with van der Waals surface area (Å²) >= 11 is 0. The van der Waals surface area contributed by atoms with Gasteiger partial charge < -0.3 is 5.11 Å². The fraction of sp³-hybridized carbons (Fsp3) is 0.714. The van der Waals surface area contributed by atoms with Gasteiger partial charge in [0, 0.05) is 0 Å². The lowest BCUT2D eigenvalue weighted by molar-refractivity contribution is 0.156. The molecular formula is C21H30F2O. The standard InChI is InChI=1S/C21H30F2O/c1-2-3-14-4-6-15(7-5-14)16-8-10-17(11-9-16)18-12-19(22)21(24)20(23)13-18/h12-17,24H,2-11H2,1H3/t14-,15-,16?,17?. The highest BCUT2D eigenvalue weighted by Gasteiger charge is 2.31. The van der Waals surface area contributed by atoms with E-state index in [4.69, 9.17) is 0 Å². The fourth-order valence-electron chi connectivity index (χ4n) is 5.10. The summed E-state index contributed by atoms with van der Waals surface area (Å²) < 4.78 is 27.1. The Morgan fingerprint density at radius 2 is 1.38 bits per heavy atom. The minimum atomic E-state index is -0.851. The fourth-order valence-corrected chi connectivity index (χ4v) is 5.10. The van der Waals surface area contributed by atoms with Gasteiger partial charge in [0.1, 0.15) is 0 Å². The summed E-state index contributed by atoms with van der Waals surface area (Å²) in [7, 11) is 0. The zero-order valence-corrected chi connectivity index (χ0v) is 14.7. The molecule has 1 aromatic rings. The van der Waals surface area contributed by atoms with Gasteiger partial charge in [-0.05, 0) is 79.9 Å². The van der Waals surface area contributed by atoms with Crippen LogP contribution >= 0.6 is 0 Å². The van der Waals surface area contributed by atoms with Crippen LogP contribution in [0.4, 0.5) is 8.78 Å². The predicted octanol–water partition coefficient (Wildman–Crippen LogP) is 6.55. The van der Waals surface area contributed by atoms with Crippen molar-refractivity contribution in [2.75, 3.05) is 0 Å². The summed E-state index contributed by atoms with van der Waals surface area (Å²) in [5, 5.41) is 9.25. The molecule has 0 radical (unpaired) electrons. The minimum absolute atomic E-state index is 0.238. The van der Waals surface area contributed by atoms with E-state index < -0.39 is 17.4 Å². The van der Waals surface area contributed by atoms with E-state index in [2.05, 4.69) is 6.92 Å². The van der Waals surface area contributed by atoms with Gasteiger partial charge in [-0.1, -0.05) is 32.6 Å². The normalized spacial score (nSPS) is 31.1. The van der Waals surface area contributed by atoms with E-state index in [0.717, 1.165) is 30.6 Å². The highest BCUT2D eigenvalue weighted by molar-refractivity contribution is 5.32. The third-order valence-electron chi connectivity index (χ3n) is 6.54. The van der Waals surface area contributed by atoms with Crippen LogP contribution < -0.4 is 0 Å². The van der Waals surface area contributed by atoms with Crippen molar-refractivity contribution < 1.29 is 13.9 Å². The van der Waals surface area contributed by atoms with E-state index in [1.807, 2.05) is 0 Å². The third kappa shape index (κ3) is 3.92. The van der Waals surface area contributed by atoms with Crippen molar-refractivity contribution in [1.29, 1.82) is 0 Å². The molecular weight excluding hydrogens is 306 g/mol. The summed E-state index contributed by atoms with van der Waals surface area (Å²) in [6.45, 7) is 2.28. The van der Waals surface area contributed by atoms with E-state index in [-0.39, 0.29) is 5.92 Å². The van der Waals surface area contributed by atoms with Crippen molar-refractivity contribution in [1.82, 2.24) is 0 Å². The first-order chi connectivity index (χ1) is 11.6. The molecule has 0 aliphatic heterocycles. The number of benzene rings is 1. The van der Waals surface area contributed by atoms with E-state index in [1.54, 1.807) is 0 Å². The van der Waals surface area contributed by atoms with Gasteiger partial charge >= 0.3 is 0 Å². The average molecular weight is 336 g/mol. The van der Waals surface area contributed by atoms with Gasteiger partial charge in [-0.3, -0.25) is 0 Å². The smallest absolute Gasteiger partial charge is 0.187 e. The zero-order chi connectivity index (χ0) is 17.1. The van der Waals surface area contributed by atoms with Gasteiger partial charge in [-0.25, -0.2) is 8.78 Å². The zero-order valence-electron chi connectivity index (χ0n) is 14.7. The molecule has 0 aromatic heterocycles. The Hall–Kier alpha value is -1.12. The number of halogens is 2. The minimum Gasteiger partial charge on any atom is -0.503 e. The lowest BCUT2D eigenvalue weighted by Gasteiger charge is -2.38. The Kier molecular flexibility index (Phi) is 5.78. The maximum absolute atomic E-state index is 13.6. The first kappa shape index (κ1) is 17.7. The summed E-state index contributed by atoms with van der Waals surface area (Å²) in [6.07, 6.45) is 12.6. The molecule has 0 atom stereocenters. The molecule has 0 heterocycles. The largest absolute Gasteiger partial charge is 0.503 e. The van der Waals surface area contributed by atoms with Gasteiger partial charge in [0.25, 0.3) is 0 Å². The first-order valence-electron chi connectivity index (χ1n) is 9.76. The van der Waals surface area contributed by atoms with Gasteiger partial charge in [0.2, 0.25) is 0 Å². The molecule has 24 heavy (non-hydrogen) atoms. The molecule has 0 unspecified atom stereocenters. The van der Waals surface area contributed by atoms with E-state index in [0.29, 0.717) is 5.56 Å².